The average molecular weight is 404 g/mol. The van der Waals surface area contributed by atoms with Gasteiger partial charge in [-0.05, 0) is 36.2 Å². The molecule has 2 unspecified atom stereocenters. The Bertz CT molecular complexity index is 716. The van der Waals surface area contributed by atoms with E-state index in [0.29, 0.717) is 0 Å². The molecule has 0 aromatic carbocycles. The molecule has 1 N–H and O–H groups in total. The third kappa shape index (κ3) is 3.17. The first-order valence-corrected chi connectivity index (χ1v) is 11.2. The van der Waals surface area contributed by atoms with Gasteiger partial charge >= 0.3 is 7.60 Å². The Morgan fingerprint density at radius 2 is 2.08 bits per heavy atom. The molecule has 1 aromatic heterocycles. The number of thiophene rings is 1. The van der Waals surface area contributed by atoms with Crippen molar-refractivity contribution < 1.29 is 23.2 Å². The van der Waals surface area contributed by atoms with Crippen molar-refractivity contribution >= 4 is 42.5 Å². The van der Waals surface area contributed by atoms with Crippen LogP contribution in [0.4, 0.5) is 0 Å². The van der Waals surface area contributed by atoms with Gasteiger partial charge in [-0.3, -0.25) is 14.2 Å². The summed E-state index contributed by atoms with van der Waals surface area (Å²) in [7, 11) is -0.820. The summed E-state index contributed by atoms with van der Waals surface area (Å²) in [5, 5.41) is 6.35. The minimum Gasteiger partial charge on any atom is -0.341 e. The molecule has 3 rings (SSSR count). The zero-order valence-corrected chi connectivity index (χ0v) is 17.0. The van der Waals surface area contributed by atoms with Crippen LogP contribution in [0.1, 0.15) is 19.4 Å². The van der Waals surface area contributed by atoms with Crippen molar-refractivity contribution in [2.75, 3.05) is 14.2 Å². The van der Waals surface area contributed by atoms with Gasteiger partial charge in [0.15, 0.2) is 0 Å². The molecule has 7 nitrogen and oxygen atoms in total. The summed E-state index contributed by atoms with van der Waals surface area (Å²) in [4.78, 5) is 26.4. The maximum atomic E-state index is 12.9. The molecule has 0 aliphatic carbocycles. The van der Waals surface area contributed by atoms with Crippen LogP contribution in [-0.2, 0) is 29.6 Å². The lowest BCUT2D eigenvalue weighted by Gasteiger charge is -2.45. The summed E-state index contributed by atoms with van der Waals surface area (Å²) >= 11 is 3.03. The zero-order chi connectivity index (χ0) is 18.4. The van der Waals surface area contributed by atoms with Gasteiger partial charge in [0.05, 0.1) is 6.42 Å². The van der Waals surface area contributed by atoms with Gasteiger partial charge in [0.1, 0.15) is 17.2 Å². The fourth-order valence-corrected chi connectivity index (χ4v) is 8.04. The van der Waals surface area contributed by atoms with Crippen molar-refractivity contribution in [2.24, 2.45) is 0 Å². The fourth-order valence-electron chi connectivity index (χ4n) is 3.32. The molecule has 2 saturated heterocycles. The summed E-state index contributed by atoms with van der Waals surface area (Å²) in [5.74, 6) is -1.12. The predicted octanol–water partition coefficient (Wildman–Crippen LogP) is 2.28. The number of β-lactam (4-membered cyclic amide) rings is 1. The largest absolute Gasteiger partial charge is 0.353 e. The monoisotopic (exact) mass is 404 g/mol. The first-order chi connectivity index (χ1) is 11.7. The number of amides is 2. The van der Waals surface area contributed by atoms with E-state index in [4.69, 9.17) is 9.05 Å². The number of hydrogen-bond donors (Lipinski definition) is 1. The minimum absolute atomic E-state index is 0.195. The molecule has 138 valence electrons. The van der Waals surface area contributed by atoms with Gasteiger partial charge < -0.3 is 19.3 Å². The molecular formula is C15H21N2O5PS2. The summed E-state index contributed by atoms with van der Waals surface area (Å²) in [6, 6.07) is 1.28. The van der Waals surface area contributed by atoms with E-state index >= 15 is 0 Å². The van der Waals surface area contributed by atoms with Crippen LogP contribution in [-0.4, -0.2) is 52.9 Å². The van der Waals surface area contributed by atoms with E-state index in [1.807, 2.05) is 30.7 Å². The molecule has 3 atom stereocenters. The number of nitrogens with one attached hydrogen (secondary N) is 1. The van der Waals surface area contributed by atoms with Crippen LogP contribution >= 0.6 is 30.7 Å². The van der Waals surface area contributed by atoms with Crippen molar-refractivity contribution in [3.8, 4) is 0 Å². The van der Waals surface area contributed by atoms with Crippen LogP contribution in [0.3, 0.4) is 0 Å². The number of rotatable bonds is 6. The fraction of sp³-hybridized carbons (Fsp3) is 0.600. The van der Waals surface area contributed by atoms with Crippen molar-refractivity contribution in [1.82, 2.24) is 10.2 Å². The van der Waals surface area contributed by atoms with E-state index in [1.54, 1.807) is 0 Å². The van der Waals surface area contributed by atoms with Gasteiger partial charge in [0, 0.05) is 19.0 Å². The molecule has 3 heterocycles. The second-order valence-corrected chi connectivity index (χ2v) is 11.3. The highest BCUT2D eigenvalue weighted by Gasteiger charge is 2.67. The van der Waals surface area contributed by atoms with E-state index < -0.39 is 24.2 Å². The molecule has 2 aliphatic rings. The van der Waals surface area contributed by atoms with E-state index in [2.05, 4.69) is 5.32 Å². The lowest BCUT2D eigenvalue weighted by Crippen LogP contribution is -2.69. The molecule has 2 aliphatic heterocycles. The summed E-state index contributed by atoms with van der Waals surface area (Å²) in [5.41, 5.74) is 0.923. The number of carbonyl (C=O) groups excluding carboxylic acids is 2. The molecule has 0 spiro atoms. The Kier molecular flexibility index (Phi) is 5.07. The molecule has 0 saturated carbocycles. The molecule has 0 bridgehead atoms. The Morgan fingerprint density at radius 1 is 1.40 bits per heavy atom. The van der Waals surface area contributed by atoms with E-state index in [9.17, 15) is 14.2 Å². The first-order valence-electron chi connectivity index (χ1n) is 7.75. The van der Waals surface area contributed by atoms with Gasteiger partial charge in [-0.15, -0.1) is 11.8 Å². The van der Waals surface area contributed by atoms with Gasteiger partial charge in [-0.2, -0.15) is 11.3 Å². The molecule has 1 aromatic rings. The number of nitrogens with zero attached hydrogens (tertiary/aromatic N) is 1. The minimum atomic E-state index is -3.46. The molecule has 25 heavy (non-hydrogen) atoms. The van der Waals surface area contributed by atoms with Crippen molar-refractivity contribution in [2.45, 2.75) is 42.2 Å². The maximum absolute atomic E-state index is 12.9. The summed E-state index contributed by atoms with van der Waals surface area (Å²) < 4.78 is 22.7. The average Bonchev–Trinajstić information content (AvgIpc) is 3.16. The Balaban J connectivity index is 1.73. The zero-order valence-electron chi connectivity index (χ0n) is 14.4. The number of fused-ring (bicyclic) bond motifs is 1. The second kappa shape index (κ2) is 6.70. The highest BCUT2D eigenvalue weighted by Crippen LogP contribution is 2.66. The van der Waals surface area contributed by atoms with E-state index in [-0.39, 0.29) is 23.6 Å². The first kappa shape index (κ1) is 18.9. The Labute approximate surface area is 155 Å². The number of thioether (sulfide) groups is 1. The summed E-state index contributed by atoms with van der Waals surface area (Å²) in [6.45, 7) is 3.81. The predicted molar refractivity (Wildman–Crippen MR) is 97.7 cm³/mol. The highest BCUT2D eigenvalue weighted by molar-refractivity contribution is 8.02. The molecule has 10 heteroatoms. The number of hydrogen-bond acceptors (Lipinski definition) is 7. The smallest absolute Gasteiger partial charge is 0.341 e. The van der Waals surface area contributed by atoms with E-state index in [1.165, 1.54) is 42.2 Å². The lowest BCUT2D eigenvalue weighted by atomic mass is 10.0. The van der Waals surface area contributed by atoms with Crippen LogP contribution in [0, 0.1) is 0 Å². The molecule has 2 amide bonds. The second-order valence-electron chi connectivity index (χ2n) is 6.49. The normalized spacial score (nSPS) is 27.8. The SMILES string of the molecule is COP(=O)(OC)C1N2C(=O)C(NC(=O)Cc3ccsc3)[C@@H]2SC1(C)C. The third-order valence-corrected chi connectivity index (χ3v) is 9.45. The van der Waals surface area contributed by atoms with Crippen molar-refractivity contribution in [1.29, 1.82) is 0 Å². The van der Waals surface area contributed by atoms with Crippen LogP contribution in [0.25, 0.3) is 0 Å². The lowest BCUT2D eigenvalue weighted by molar-refractivity contribution is -0.149. The van der Waals surface area contributed by atoms with Gasteiger partial charge in [-0.25, -0.2) is 0 Å². The molecule has 0 radical (unpaired) electrons. The van der Waals surface area contributed by atoms with Crippen LogP contribution in [0.15, 0.2) is 16.8 Å². The topological polar surface area (TPSA) is 84.9 Å². The van der Waals surface area contributed by atoms with Crippen molar-refractivity contribution in [3.05, 3.63) is 22.4 Å². The van der Waals surface area contributed by atoms with E-state index in [0.717, 1.165) is 5.56 Å². The number of carbonyl (C=O) groups is 2. The van der Waals surface area contributed by atoms with Gasteiger partial charge in [0.2, 0.25) is 11.8 Å². The van der Waals surface area contributed by atoms with Crippen molar-refractivity contribution in [3.63, 3.8) is 0 Å². The molecular weight excluding hydrogens is 383 g/mol. The quantitative estimate of drug-likeness (QED) is 0.578. The standard InChI is InChI=1S/C15H21N2O5PS2/c1-15(2)14(23(20,21-3)22-4)17-12(19)11(13(17)25-15)16-10(18)7-9-5-6-24-8-9/h5-6,8,11,13-14H,7H2,1-4H3,(H,16,18)/t11?,13-,14?/m0/s1. The van der Waals surface area contributed by atoms with Crippen LogP contribution < -0.4 is 5.32 Å². The summed E-state index contributed by atoms with van der Waals surface area (Å²) in [6.07, 6.45) is 0.242. The van der Waals surface area contributed by atoms with Gasteiger partial charge in [0.25, 0.3) is 0 Å². The third-order valence-electron chi connectivity index (χ3n) is 4.46. The highest BCUT2D eigenvalue weighted by atomic mass is 32.2. The van der Waals surface area contributed by atoms with Crippen LogP contribution in [0.5, 0.6) is 0 Å². The maximum Gasteiger partial charge on any atom is 0.353 e. The van der Waals surface area contributed by atoms with Gasteiger partial charge in [-0.1, -0.05) is 0 Å². The van der Waals surface area contributed by atoms with Crippen LogP contribution in [0.2, 0.25) is 0 Å². The Hall–Kier alpha value is -0.860. The molecule has 2 fully saturated rings. The Morgan fingerprint density at radius 3 is 2.64 bits per heavy atom.